The Morgan fingerprint density at radius 2 is 2.41 bits per heavy atom. The highest BCUT2D eigenvalue weighted by Gasteiger charge is 2.39. The van der Waals surface area contributed by atoms with E-state index in [1.54, 1.807) is 18.1 Å². The zero-order chi connectivity index (χ0) is 16.2. The van der Waals surface area contributed by atoms with Crippen molar-refractivity contribution in [3.63, 3.8) is 0 Å². The van der Waals surface area contributed by atoms with E-state index in [-0.39, 0.29) is 17.5 Å². The number of piperidine rings is 1. The normalized spacial score (nSPS) is 24.8. The maximum absolute atomic E-state index is 12.5. The molecule has 1 amide bonds. The molecule has 0 aliphatic carbocycles. The van der Waals surface area contributed by atoms with E-state index >= 15 is 0 Å². The molecule has 118 valence electrons. The van der Waals surface area contributed by atoms with Crippen molar-refractivity contribution >= 4 is 5.91 Å². The number of aliphatic hydroxyl groups is 1. The van der Waals surface area contributed by atoms with E-state index in [9.17, 15) is 9.90 Å². The molecule has 1 aliphatic heterocycles. The fourth-order valence-corrected chi connectivity index (χ4v) is 2.77. The topological polar surface area (TPSA) is 86.5 Å². The maximum atomic E-state index is 12.5. The minimum atomic E-state index is -0.782. The summed E-state index contributed by atoms with van der Waals surface area (Å²) in [6, 6.07) is 5.08. The van der Waals surface area contributed by atoms with Gasteiger partial charge in [-0.2, -0.15) is 5.26 Å². The molecule has 0 aromatic carbocycles. The van der Waals surface area contributed by atoms with Gasteiger partial charge in [0.05, 0.1) is 11.2 Å². The predicted molar refractivity (Wildman–Crippen MR) is 80.1 cm³/mol. The molecule has 6 heteroatoms. The van der Waals surface area contributed by atoms with Crippen molar-refractivity contribution in [2.24, 2.45) is 5.92 Å². The lowest BCUT2D eigenvalue weighted by atomic mass is 9.79. The second kappa shape index (κ2) is 6.86. The van der Waals surface area contributed by atoms with Crippen LogP contribution >= 0.6 is 0 Å². The Labute approximate surface area is 130 Å². The number of nitrogens with zero attached hydrogens (tertiary/aromatic N) is 3. The summed E-state index contributed by atoms with van der Waals surface area (Å²) in [6.45, 7) is 3.46. The van der Waals surface area contributed by atoms with Crippen molar-refractivity contribution < 1.29 is 14.6 Å². The highest BCUT2D eigenvalue weighted by atomic mass is 16.5. The lowest BCUT2D eigenvalue weighted by Crippen LogP contribution is -2.52. The molecular formula is C16H21N3O3. The van der Waals surface area contributed by atoms with Crippen LogP contribution in [0.15, 0.2) is 18.3 Å². The van der Waals surface area contributed by atoms with Gasteiger partial charge in [-0.05, 0) is 25.0 Å². The van der Waals surface area contributed by atoms with Gasteiger partial charge in [0.15, 0.2) is 0 Å². The van der Waals surface area contributed by atoms with Crippen LogP contribution in [0.2, 0.25) is 0 Å². The van der Waals surface area contributed by atoms with E-state index < -0.39 is 5.60 Å². The van der Waals surface area contributed by atoms with E-state index in [1.807, 2.05) is 13.0 Å². The Hall–Kier alpha value is -1.97. The molecule has 1 N–H and O–H groups in total. The molecule has 1 aromatic rings. The largest absolute Gasteiger partial charge is 0.389 e. The Kier molecular flexibility index (Phi) is 5.11. The van der Waals surface area contributed by atoms with Crippen LogP contribution in [0.3, 0.4) is 0 Å². The lowest BCUT2D eigenvalue weighted by Gasteiger charge is -2.43. The first-order chi connectivity index (χ1) is 10.5. The highest BCUT2D eigenvalue weighted by Crippen LogP contribution is 2.31. The summed E-state index contributed by atoms with van der Waals surface area (Å²) < 4.78 is 5.05. The molecule has 1 saturated heterocycles. The average Bonchev–Trinajstić information content (AvgIpc) is 2.55. The second-order valence-electron chi connectivity index (χ2n) is 5.79. The first-order valence-corrected chi connectivity index (χ1v) is 7.37. The summed E-state index contributed by atoms with van der Waals surface area (Å²) in [5.41, 5.74) is -0.0265. The Morgan fingerprint density at radius 1 is 1.64 bits per heavy atom. The quantitative estimate of drug-likeness (QED) is 0.903. The molecule has 0 bridgehead atoms. The Morgan fingerprint density at radius 3 is 2.95 bits per heavy atom. The van der Waals surface area contributed by atoms with E-state index in [4.69, 9.17) is 10.00 Å². The molecule has 1 aromatic heterocycles. The van der Waals surface area contributed by atoms with Crippen molar-refractivity contribution in [1.82, 2.24) is 9.88 Å². The molecule has 0 saturated carbocycles. The van der Waals surface area contributed by atoms with E-state index in [0.29, 0.717) is 38.1 Å². The van der Waals surface area contributed by atoms with E-state index in [2.05, 4.69) is 4.98 Å². The van der Waals surface area contributed by atoms with Gasteiger partial charge in [0, 0.05) is 38.9 Å². The standard InChI is InChI=1S/C16H21N3O3/c1-12-11-19(7-5-16(12,21)6-8-22-2)15(20)13-3-4-14(9-17)18-10-13/h3-4,10,12,21H,5-8,11H2,1-2H3/t12-,16-/m1/s1. The summed E-state index contributed by atoms with van der Waals surface area (Å²) in [7, 11) is 1.62. The molecule has 22 heavy (non-hydrogen) atoms. The minimum Gasteiger partial charge on any atom is -0.389 e. The Balaban J connectivity index is 2.03. The van der Waals surface area contributed by atoms with Gasteiger partial charge in [0.25, 0.3) is 5.91 Å². The SMILES string of the molecule is COCC[C@]1(O)CCN(C(=O)c2ccc(C#N)nc2)C[C@H]1C. The van der Waals surface area contributed by atoms with Crippen molar-refractivity contribution in [1.29, 1.82) is 5.26 Å². The fraction of sp³-hybridized carbons (Fsp3) is 0.562. The second-order valence-corrected chi connectivity index (χ2v) is 5.79. The highest BCUT2D eigenvalue weighted by molar-refractivity contribution is 5.94. The number of rotatable bonds is 4. The van der Waals surface area contributed by atoms with Crippen molar-refractivity contribution in [3.8, 4) is 6.07 Å². The van der Waals surface area contributed by atoms with Crippen LogP contribution in [-0.4, -0.2) is 53.3 Å². The molecule has 0 radical (unpaired) electrons. The van der Waals surface area contributed by atoms with Crippen molar-refractivity contribution in [3.05, 3.63) is 29.6 Å². The van der Waals surface area contributed by atoms with Crippen molar-refractivity contribution in [2.45, 2.75) is 25.4 Å². The third-order valence-electron chi connectivity index (χ3n) is 4.38. The summed E-state index contributed by atoms with van der Waals surface area (Å²) in [5.74, 6) is -0.135. The lowest BCUT2D eigenvalue weighted by molar-refractivity contribution is -0.0750. The number of pyridine rings is 1. The van der Waals surface area contributed by atoms with Gasteiger partial charge in [-0.3, -0.25) is 4.79 Å². The molecule has 1 fully saturated rings. The third-order valence-corrected chi connectivity index (χ3v) is 4.38. The number of hydrogen-bond acceptors (Lipinski definition) is 5. The number of amides is 1. The van der Waals surface area contributed by atoms with Crippen LogP contribution in [0.4, 0.5) is 0 Å². The van der Waals surface area contributed by atoms with Gasteiger partial charge in [-0.25, -0.2) is 4.98 Å². The number of methoxy groups -OCH3 is 1. The van der Waals surface area contributed by atoms with Crippen molar-refractivity contribution in [2.75, 3.05) is 26.8 Å². The summed E-state index contributed by atoms with van der Waals surface area (Å²) in [6.07, 6.45) is 2.54. The average molecular weight is 303 g/mol. The molecule has 0 unspecified atom stereocenters. The molecule has 2 heterocycles. The smallest absolute Gasteiger partial charge is 0.255 e. The van der Waals surface area contributed by atoms with Gasteiger partial charge in [0.1, 0.15) is 11.8 Å². The number of aromatic nitrogens is 1. The summed E-state index contributed by atoms with van der Waals surface area (Å²) >= 11 is 0. The number of carbonyl (C=O) groups is 1. The van der Waals surface area contributed by atoms with E-state index in [0.717, 1.165) is 0 Å². The number of nitriles is 1. The monoisotopic (exact) mass is 303 g/mol. The van der Waals surface area contributed by atoms with Gasteiger partial charge in [-0.15, -0.1) is 0 Å². The van der Waals surface area contributed by atoms with Crippen LogP contribution in [0, 0.1) is 17.2 Å². The molecule has 6 nitrogen and oxygen atoms in total. The van der Waals surface area contributed by atoms with Gasteiger partial charge >= 0.3 is 0 Å². The zero-order valence-electron chi connectivity index (χ0n) is 13.0. The van der Waals surface area contributed by atoms with Crippen LogP contribution in [0.1, 0.15) is 35.8 Å². The van der Waals surface area contributed by atoms with Crippen LogP contribution < -0.4 is 0 Å². The number of likely N-dealkylation sites (tertiary alicyclic amines) is 1. The fourth-order valence-electron chi connectivity index (χ4n) is 2.77. The van der Waals surface area contributed by atoms with Crippen LogP contribution in [0.5, 0.6) is 0 Å². The predicted octanol–water partition coefficient (Wildman–Crippen LogP) is 1.20. The Bertz CT molecular complexity index is 567. The molecule has 1 aliphatic rings. The van der Waals surface area contributed by atoms with Crippen LogP contribution in [-0.2, 0) is 4.74 Å². The molecule has 2 atom stereocenters. The summed E-state index contributed by atoms with van der Waals surface area (Å²) in [4.78, 5) is 18.1. The first-order valence-electron chi connectivity index (χ1n) is 7.37. The minimum absolute atomic E-state index is 0.0216. The first kappa shape index (κ1) is 16.4. The van der Waals surface area contributed by atoms with Gasteiger partial charge in [-0.1, -0.05) is 6.92 Å². The maximum Gasteiger partial charge on any atom is 0.255 e. The van der Waals surface area contributed by atoms with E-state index in [1.165, 1.54) is 12.3 Å². The van der Waals surface area contributed by atoms with Gasteiger partial charge < -0.3 is 14.7 Å². The third kappa shape index (κ3) is 3.43. The number of carbonyl (C=O) groups excluding carboxylic acids is 1. The molecule has 0 spiro atoms. The number of hydrogen-bond donors (Lipinski definition) is 1. The number of ether oxygens (including phenoxy) is 1. The molecular weight excluding hydrogens is 282 g/mol. The van der Waals surface area contributed by atoms with Gasteiger partial charge in [0.2, 0.25) is 0 Å². The van der Waals surface area contributed by atoms with Crippen LogP contribution in [0.25, 0.3) is 0 Å². The molecule has 2 rings (SSSR count). The zero-order valence-corrected chi connectivity index (χ0v) is 13.0. The summed E-state index contributed by atoms with van der Waals surface area (Å²) in [5, 5.41) is 19.4.